The van der Waals surface area contributed by atoms with Gasteiger partial charge in [-0.3, -0.25) is 0 Å². The Hall–Kier alpha value is -0.0900. The first-order chi connectivity index (χ1) is 5.11. The molecule has 11 heavy (non-hydrogen) atoms. The molecule has 0 aromatic carbocycles. The Labute approximate surface area is 71.5 Å². The normalized spacial score (nSPS) is 20.0. The van der Waals surface area contributed by atoms with Gasteiger partial charge in [0.05, 0.1) is 0 Å². The van der Waals surface area contributed by atoms with Crippen molar-refractivity contribution in [1.82, 2.24) is 0 Å². The molecular weight excluding hydrogens is 151 g/mol. The second-order valence-corrected chi connectivity index (χ2v) is 4.86. The van der Waals surface area contributed by atoms with Crippen LogP contribution in [0.5, 0.6) is 0 Å². The van der Waals surface area contributed by atoms with Gasteiger partial charge in [-0.1, -0.05) is 48.1 Å². The van der Waals surface area contributed by atoms with Gasteiger partial charge in [-0.25, -0.2) is 0 Å². The van der Waals surface area contributed by atoms with Crippen LogP contribution in [0.2, 0.25) is 0 Å². The van der Waals surface area contributed by atoms with Gasteiger partial charge in [0.15, 0.2) is 0 Å². The standard InChI is InChI=1S/C10H16P/c1-7(2)9-5-6-10(11-9)8(3)4/h5-8H,1-4H3. The molecule has 1 rings (SSSR count). The van der Waals surface area contributed by atoms with Gasteiger partial charge >= 0.3 is 0 Å². The lowest BCUT2D eigenvalue weighted by molar-refractivity contribution is 0.765. The summed E-state index contributed by atoms with van der Waals surface area (Å²) in [7, 11) is 1.46. The third-order valence-electron chi connectivity index (χ3n) is 1.87. The lowest BCUT2D eigenvalue weighted by Gasteiger charge is -2.07. The average molecular weight is 167 g/mol. The summed E-state index contributed by atoms with van der Waals surface area (Å²) in [5.41, 5.74) is 1.56. The molecule has 1 aliphatic rings. The van der Waals surface area contributed by atoms with Crippen LogP contribution < -0.4 is 0 Å². The molecule has 0 aromatic rings. The highest BCUT2D eigenvalue weighted by Crippen LogP contribution is 2.35. The Balaban J connectivity index is 2.63. The fraction of sp³-hybridized carbons (Fsp3) is 0.600. The summed E-state index contributed by atoms with van der Waals surface area (Å²) in [5.74, 6) is 1.42. The number of allylic oxidation sites excluding steroid dienone is 2. The van der Waals surface area contributed by atoms with E-state index in [1.54, 1.807) is 11.0 Å². The first-order valence-electron chi connectivity index (χ1n) is 4.24. The van der Waals surface area contributed by atoms with Crippen molar-refractivity contribution in [2.45, 2.75) is 27.7 Å². The van der Waals surface area contributed by atoms with Crippen molar-refractivity contribution < 1.29 is 0 Å². The van der Waals surface area contributed by atoms with Crippen LogP contribution in [0.25, 0.3) is 0 Å². The summed E-state index contributed by atoms with van der Waals surface area (Å²) >= 11 is 0. The lowest BCUT2D eigenvalue weighted by Crippen LogP contribution is -1.98. The second kappa shape index (κ2) is 3.54. The fourth-order valence-electron chi connectivity index (χ4n) is 1.04. The largest absolute Gasteiger partial charge is 0.0877 e. The monoisotopic (exact) mass is 167 g/mol. The minimum atomic E-state index is 0.712. The third-order valence-corrected chi connectivity index (χ3v) is 3.71. The average Bonchev–Trinajstić information content (AvgIpc) is 2.33. The van der Waals surface area contributed by atoms with Gasteiger partial charge in [0.2, 0.25) is 0 Å². The van der Waals surface area contributed by atoms with Crippen molar-refractivity contribution in [3.05, 3.63) is 17.8 Å². The quantitative estimate of drug-likeness (QED) is 0.552. The highest BCUT2D eigenvalue weighted by atomic mass is 31.1. The van der Waals surface area contributed by atoms with Crippen molar-refractivity contribution in [1.29, 1.82) is 0 Å². The maximum absolute atomic E-state index is 2.28. The Bertz CT molecular complexity index is 187. The van der Waals surface area contributed by atoms with E-state index in [0.29, 0.717) is 11.8 Å². The predicted octanol–water partition coefficient (Wildman–Crippen LogP) is 3.52. The summed E-state index contributed by atoms with van der Waals surface area (Å²) in [6, 6.07) is 0. The molecule has 0 fully saturated rings. The van der Waals surface area contributed by atoms with E-state index in [4.69, 9.17) is 0 Å². The van der Waals surface area contributed by atoms with Crippen molar-refractivity contribution in [2.75, 3.05) is 0 Å². The van der Waals surface area contributed by atoms with E-state index in [-0.39, 0.29) is 0 Å². The predicted molar refractivity (Wildman–Crippen MR) is 54.0 cm³/mol. The molecular formula is C10H16P. The van der Waals surface area contributed by atoms with Crippen LogP contribution in [0.1, 0.15) is 27.7 Å². The van der Waals surface area contributed by atoms with Crippen molar-refractivity contribution in [2.24, 2.45) is 11.8 Å². The Morgan fingerprint density at radius 1 is 1.00 bits per heavy atom. The zero-order valence-corrected chi connectivity index (χ0v) is 8.65. The number of hydrogen-bond acceptors (Lipinski definition) is 0. The van der Waals surface area contributed by atoms with Crippen molar-refractivity contribution in [3.63, 3.8) is 0 Å². The maximum Gasteiger partial charge on any atom is 0.0499 e. The topological polar surface area (TPSA) is 0 Å². The SMILES string of the molecule is CC(C)[C]1C=CC(C(C)C)=P1. The first kappa shape index (κ1) is 9.00. The van der Waals surface area contributed by atoms with E-state index in [0.717, 1.165) is 0 Å². The maximum atomic E-state index is 2.28. The molecule has 0 bridgehead atoms. The molecule has 0 saturated heterocycles. The summed E-state index contributed by atoms with van der Waals surface area (Å²) < 4.78 is 0. The Morgan fingerprint density at radius 2 is 1.64 bits per heavy atom. The van der Waals surface area contributed by atoms with Gasteiger partial charge in [-0.05, 0) is 17.1 Å². The van der Waals surface area contributed by atoms with Crippen LogP contribution in [0.15, 0.2) is 12.2 Å². The van der Waals surface area contributed by atoms with Gasteiger partial charge in [-0.15, -0.1) is 0 Å². The molecule has 1 aliphatic heterocycles. The van der Waals surface area contributed by atoms with Gasteiger partial charge in [0.1, 0.15) is 0 Å². The molecule has 0 unspecified atom stereocenters. The molecule has 0 nitrogen and oxygen atoms in total. The first-order valence-corrected chi connectivity index (χ1v) is 5.14. The van der Waals surface area contributed by atoms with E-state index in [1.165, 1.54) is 8.20 Å². The zero-order valence-electron chi connectivity index (χ0n) is 7.76. The van der Waals surface area contributed by atoms with Crippen LogP contribution in [-0.4, -0.2) is 5.29 Å². The molecule has 0 aliphatic carbocycles. The summed E-state index contributed by atoms with van der Waals surface area (Å²) in [5, 5.41) is 1.56. The van der Waals surface area contributed by atoms with Crippen molar-refractivity contribution >= 4 is 13.5 Å². The molecule has 1 radical (unpaired) electrons. The van der Waals surface area contributed by atoms with E-state index in [1.807, 2.05) is 0 Å². The fourth-order valence-corrected chi connectivity index (χ4v) is 2.15. The smallest absolute Gasteiger partial charge is 0.0499 e. The van der Waals surface area contributed by atoms with E-state index >= 15 is 0 Å². The van der Waals surface area contributed by atoms with Gasteiger partial charge in [-0.2, -0.15) is 0 Å². The van der Waals surface area contributed by atoms with E-state index in [2.05, 4.69) is 39.8 Å². The summed E-state index contributed by atoms with van der Waals surface area (Å²) in [4.78, 5) is 0. The summed E-state index contributed by atoms with van der Waals surface area (Å²) in [6.45, 7) is 9.04. The van der Waals surface area contributed by atoms with Crippen molar-refractivity contribution in [3.8, 4) is 0 Å². The molecule has 0 atom stereocenters. The molecule has 0 amide bonds. The van der Waals surface area contributed by atoms with Gasteiger partial charge in [0.25, 0.3) is 0 Å². The Kier molecular flexibility index (Phi) is 2.90. The van der Waals surface area contributed by atoms with Crippen LogP contribution in [0, 0.1) is 17.5 Å². The molecule has 0 spiro atoms. The highest BCUT2D eigenvalue weighted by molar-refractivity contribution is 7.45. The van der Waals surface area contributed by atoms with E-state index < -0.39 is 0 Å². The molecule has 0 aromatic heterocycles. The van der Waals surface area contributed by atoms with Crippen LogP contribution in [-0.2, 0) is 0 Å². The van der Waals surface area contributed by atoms with E-state index in [9.17, 15) is 0 Å². The molecule has 61 valence electrons. The zero-order chi connectivity index (χ0) is 8.43. The van der Waals surface area contributed by atoms with Gasteiger partial charge < -0.3 is 0 Å². The minimum absolute atomic E-state index is 0.712. The van der Waals surface area contributed by atoms with Crippen LogP contribution in [0.4, 0.5) is 0 Å². The Morgan fingerprint density at radius 3 is 1.91 bits per heavy atom. The lowest BCUT2D eigenvalue weighted by atomic mass is 10.1. The third kappa shape index (κ3) is 2.17. The minimum Gasteiger partial charge on any atom is -0.0877 e. The van der Waals surface area contributed by atoms with Crippen LogP contribution in [0.3, 0.4) is 0 Å². The van der Waals surface area contributed by atoms with Crippen LogP contribution >= 0.6 is 8.20 Å². The molecule has 0 N–H and O–H groups in total. The molecule has 0 saturated carbocycles. The summed E-state index contributed by atoms with van der Waals surface area (Å²) in [6.07, 6.45) is 4.56. The molecule has 1 heterocycles. The highest BCUT2D eigenvalue weighted by Gasteiger charge is 2.15. The number of rotatable bonds is 2. The second-order valence-electron chi connectivity index (χ2n) is 3.60. The number of hydrogen-bond donors (Lipinski definition) is 0. The van der Waals surface area contributed by atoms with Gasteiger partial charge in [0, 0.05) is 5.66 Å². The molecule has 1 heteroatoms.